The number of anilines is 1. The molecule has 1 atom stereocenters. The average molecular weight is 272 g/mol. The third-order valence-electron chi connectivity index (χ3n) is 2.47. The number of rotatable bonds is 7. The summed E-state index contributed by atoms with van der Waals surface area (Å²) >= 11 is 1.81. The van der Waals surface area contributed by atoms with Gasteiger partial charge >= 0.3 is 5.69 Å². The number of nitrogens with zero attached hydrogens (tertiary/aromatic N) is 1. The molecule has 1 aromatic carbocycles. The van der Waals surface area contributed by atoms with Crippen molar-refractivity contribution in [2.75, 3.05) is 16.8 Å². The van der Waals surface area contributed by atoms with Crippen LogP contribution in [0.3, 0.4) is 0 Å². The topological polar surface area (TPSA) is 55.2 Å². The molecule has 0 spiro atoms. The minimum Gasteiger partial charge on any atom is -0.377 e. The summed E-state index contributed by atoms with van der Waals surface area (Å²) in [5.74, 6) is 1.22. The van der Waals surface area contributed by atoms with Crippen molar-refractivity contribution in [2.45, 2.75) is 26.3 Å². The lowest BCUT2D eigenvalue weighted by Crippen LogP contribution is -2.17. The lowest BCUT2D eigenvalue weighted by Gasteiger charge is -2.14. The van der Waals surface area contributed by atoms with E-state index >= 15 is 0 Å². The molecule has 1 N–H and O–H groups in total. The van der Waals surface area contributed by atoms with Crippen LogP contribution in [0.5, 0.6) is 0 Å². The highest BCUT2D eigenvalue weighted by molar-refractivity contribution is 7.99. The molecule has 0 aliphatic heterocycles. The first-order valence-corrected chi connectivity index (χ1v) is 6.99. The zero-order chi connectivity index (χ0) is 13.5. The largest absolute Gasteiger partial charge is 0.377 e. The van der Waals surface area contributed by atoms with E-state index in [1.54, 1.807) is 0 Å². The molecule has 1 unspecified atom stereocenters. The van der Waals surface area contributed by atoms with Crippen molar-refractivity contribution in [3.05, 3.63) is 34.1 Å². The molecule has 1 aromatic rings. The third kappa shape index (κ3) is 4.18. The smallest absolute Gasteiger partial charge is 0.327 e. The van der Waals surface area contributed by atoms with Crippen LogP contribution in [-0.4, -0.2) is 22.5 Å². The van der Waals surface area contributed by atoms with Gasteiger partial charge in [0.2, 0.25) is 5.82 Å². The van der Waals surface area contributed by atoms with E-state index < -0.39 is 16.4 Å². The second-order valence-corrected chi connectivity index (χ2v) is 5.32. The van der Waals surface area contributed by atoms with Gasteiger partial charge in [0.25, 0.3) is 0 Å². The number of hydrogen-bond donors (Lipinski definition) is 1. The van der Waals surface area contributed by atoms with Crippen molar-refractivity contribution in [2.24, 2.45) is 0 Å². The Labute approximate surface area is 110 Å². The maximum Gasteiger partial charge on any atom is 0.327 e. The third-order valence-corrected chi connectivity index (χ3v) is 3.40. The second-order valence-electron chi connectivity index (χ2n) is 3.92. The Kier molecular flexibility index (Phi) is 5.91. The Morgan fingerprint density at radius 2 is 2.28 bits per heavy atom. The van der Waals surface area contributed by atoms with Crippen LogP contribution in [0.1, 0.15) is 20.3 Å². The predicted octanol–water partition coefficient (Wildman–Crippen LogP) is 3.68. The second kappa shape index (κ2) is 7.20. The van der Waals surface area contributed by atoms with Gasteiger partial charge in [-0.05, 0) is 37.0 Å². The Balaban J connectivity index is 2.72. The highest BCUT2D eigenvalue weighted by atomic mass is 32.2. The standard InChI is InChI=1S/C12H17FN2O2S/c1-3-18-8-7-9(2)14-11-6-4-5-10(13)12(11)15(16)17/h4-6,9,14H,3,7-8H2,1-2H3. The summed E-state index contributed by atoms with van der Waals surface area (Å²) < 4.78 is 13.4. The first-order chi connectivity index (χ1) is 8.56. The molecular weight excluding hydrogens is 255 g/mol. The van der Waals surface area contributed by atoms with E-state index in [0.29, 0.717) is 0 Å². The lowest BCUT2D eigenvalue weighted by molar-refractivity contribution is -0.386. The average Bonchev–Trinajstić information content (AvgIpc) is 2.28. The summed E-state index contributed by atoms with van der Waals surface area (Å²) in [5.41, 5.74) is -0.235. The van der Waals surface area contributed by atoms with Crippen LogP contribution in [0.25, 0.3) is 0 Å². The van der Waals surface area contributed by atoms with E-state index in [9.17, 15) is 14.5 Å². The minimum absolute atomic E-state index is 0.0737. The van der Waals surface area contributed by atoms with Gasteiger partial charge in [0.05, 0.1) is 4.92 Å². The Morgan fingerprint density at radius 1 is 1.56 bits per heavy atom. The molecule has 0 saturated carbocycles. The molecule has 1 rings (SSSR count). The van der Waals surface area contributed by atoms with Crippen LogP contribution in [0.15, 0.2) is 18.2 Å². The number of thioether (sulfide) groups is 1. The summed E-state index contributed by atoms with van der Waals surface area (Å²) in [6.45, 7) is 4.02. The van der Waals surface area contributed by atoms with Crippen molar-refractivity contribution >= 4 is 23.1 Å². The highest BCUT2D eigenvalue weighted by Crippen LogP contribution is 2.28. The normalized spacial score (nSPS) is 12.2. The van der Waals surface area contributed by atoms with Gasteiger partial charge in [-0.2, -0.15) is 16.2 Å². The predicted molar refractivity (Wildman–Crippen MR) is 73.8 cm³/mol. The fourth-order valence-electron chi connectivity index (χ4n) is 1.56. The van der Waals surface area contributed by atoms with Crippen LogP contribution >= 0.6 is 11.8 Å². The van der Waals surface area contributed by atoms with E-state index in [-0.39, 0.29) is 11.7 Å². The molecule has 0 bridgehead atoms. The summed E-state index contributed by atoms with van der Waals surface area (Å²) in [6, 6.07) is 4.17. The fraction of sp³-hybridized carbons (Fsp3) is 0.500. The molecule has 100 valence electrons. The zero-order valence-corrected chi connectivity index (χ0v) is 11.3. The first-order valence-electron chi connectivity index (χ1n) is 5.83. The van der Waals surface area contributed by atoms with Gasteiger partial charge in [-0.25, -0.2) is 0 Å². The van der Waals surface area contributed by atoms with E-state index in [1.165, 1.54) is 12.1 Å². The van der Waals surface area contributed by atoms with Crippen molar-refractivity contribution < 1.29 is 9.31 Å². The zero-order valence-electron chi connectivity index (χ0n) is 10.5. The fourth-order valence-corrected chi connectivity index (χ4v) is 2.37. The van der Waals surface area contributed by atoms with Crippen LogP contribution in [0.2, 0.25) is 0 Å². The van der Waals surface area contributed by atoms with E-state index in [1.807, 2.05) is 18.7 Å². The molecule has 6 heteroatoms. The molecule has 0 amide bonds. The Bertz CT molecular complexity index is 415. The summed E-state index contributed by atoms with van der Waals surface area (Å²) in [7, 11) is 0. The maximum absolute atomic E-state index is 13.4. The van der Waals surface area contributed by atoms with Gasteiger partial charge in [0, 0.05) is 6.04 Å². The molecular formula is C12H17FN2O2S. The Hall–Kier alpha value is -1.30. The van der Waals surface area contributed by atoms with Crippen molar-refractivity contribution in [1.29, 1.82) is 0 Å². The first kappa shape index (κ1) is 14.8. The van der Waals surface area contributed by atoms with E-state index in [4.69, 9.17) is 0 Å². The van der Waals surface area contributed by atoms with Crippen LogP contribution in [0, 0.1) is 15.9 Å². The monoisotopic (exact) mass is 272 g/mol. The SMILES string of the molecule is CCSCCC(C)Nc1cccc(F)c1[N+](=O)[O-]. The van der Waals surface area contributed by atoms with Crippen molar-refractivity contribution in [3.63, 3.8) is 0 Å². The number of hydrogen-bond acceptors (Lipinski definition) is 4. The number of para-hydroxylation sites is 1. The molecule has 0 aromatic heterocycles. The van der Waals surface area contributed by atoms with Crippen molar-refractivity contribution in [1.82, 2.24) is 0 Å². The minimum atomic E-state index is -0.805. The van der Waals surface area contributed by atoms with Crippen molar-refractivity contribution in [3.8, 4) is 0 Å². The number of nitro benzene ring substituents is 1. The molecule has 0 aliphatic carbocycles. The summed E-state index contributed by atoms with van der Waals surface area (Å²) in [4.78, 5) is 10.1. The van der Waals surface area contributed by atoms with Gasteiger partial charge in [-0.15, -0.1) is 0 Å². The summed E-state index contributed by atoms with van der Waals surface area (Å²) in [5, 5.41) is 13.8. The molecule has 0 fully saturated rings. The van der Waals surface area contributed by atoms with Gasteiger partial charge in [-0.1, -0.05) is 13.0 Å². The highest BCUT2D eigenvalue weighted by Gasteiger charge is 2.20. The van der Waals surface area contributed by atoms with E-state index in [0.717, 1.165) is 24.0 Å². The number of nitro groups is 1. The van der Waals surface area contributed by atoms with E-state index in [2.05, 4.69) is 12.2 Å². The van der Waals surface area contributed by atoms with Gasteiger partial charge in [-0.3, -0.25) is 10.1 Å². The molecule has 0 heterocycles. The number of halogens is 1. The van der Waals surface area contributed by atoms with Crippen LogP contribution in [0.4, 0.5) is 15.8 Å². The molecule has 0 saturated heterocycles. The number of nitrogens with one attached hydrogen (secondary N) is 1. The van der Waals surface area contributed by atoms with Gasteiger partial charge in [0.15, 0.2) is 0 Å². The van der Waals surface area contributed by atoms with Crippen LogP contribution in [-0.2, 0) is 0 Å². The maximum atomic E-state index is 13.4. The molecule has 18 heavy (non-hydrogen) atoms. The molecule has 4 nitrogen and oxygen atoms in total. The molecule has 0 aliphatic rings. The van der Waals surface area contributed by atoms with Gasteiger partial charge in [0.1, 0.15) is 5.69 Å². The number of benzene rings is 1. The van der Waals surface area contributed by atoms with Crippen LogP contribution < -0.4 is 5.32 Å². The molecule has 0 radical (unpaired) electrons. The Morgan fingerprint density at radius 3 is 2.89 bits per heavy atom. The summed E-state index contributed by atoms with van der Waals surface area (Å²) in [6.07, 6.45) is 0.881. The quantitative estimate of drug-likeness (QED) is 0.467. The lowest BCUT2D eigenvalue weighted by atomic mass is 10.2. The van der Waals surface area contributed by atoms with Gasteiger partial charge < -0.3 is 5.32 Å².